The molecular formula is C13H14N2O4. The van der Waals surface area contributed by atoms with Crippen LogP contribution in [0.4, 0.5) is 0 Å². The van der Waals surface area contributed by atoms with Crippen molar-refractivity contribution in [1.82, 2.24) is 10.1 Å². The van der Waals surface area contributed by atoms with Crippen LogP contribution in [0.2, 0.25) is 0 Å². The van der Waals surface area contributed by atoms with E-state index in [0.717, 1.165) is 6.42 Å². The summed E-state index contributed by atoms with van der Waals surface area (Å²) in [7, 11) is 1.51. The number of nitrogens with zero attached hydrogens (tertiary/aromatic N) is 2. The summed E-state index contributed by atoms with van der Waals surface area (Å²) in [5, 5.41) is 13.1. The van der Waals surface area contributed by atoms with Crippen LogP contribution in [0.3, 0.4) is 0 Å². The van der Waals surface area contributed by atoms with Gasteiger partial charge in [0, 0.05) is 24.2 Å². The summed E-state index contributed by atoms with van der Waals surface area (Å²) >= 11 is 0. The fourth-order valence-corrected chi connectivity index (χ4v) is 1.78. The molecule has 2 rings (SSSR count). The average molecular weight is 262 g/mol. The standard InChI is InChI=1S/C13H14N2O4/c1-3-4-9-11(13(16)17)12(15-19-9)8-5-6-10(18-2)14-7-8/h5-7H,3-4H2,1-2H3,(H,16,17). The molecule has 0 fully saturated rings. The van der Waals surface area contributed by atoms with Gasteiger partial charge in [-0.05, 0) is 12.5 Å². The molecule has 6 heteroatoms. The highest BCUT2D eigenvalue weighted by atomic mass is 16.5. The Hall–Kier alpha value is -2.37. The second-order valence-electron chi connectivity index (χ2n) is 3.97. The molecule has 6 nitrogen and oxygen atoms in total. The van der Waals surface area contributed by atoms with Crippen LogP contribution in [0, 0.1) is 0 Å². The van der Waals surface area contributed by atoms with Gasteiger partial charge in [0.1, 0.15) is 11.3 Å². The van der Waals surface area contributed by atoms with Crippen molar-refractivity contribution in [1.29, 1.82) is 0 Å². The van der Waals surface area contributed by atoms with Crippen molar-refractivity contribution >= 4 is 5.97 Å². The Morgan fingerprint density at radius 2 is 2.26 bits per heavy atom. The number of aryl methyl sites for hydroxylation is 1. The number of aromatic carboxylic acids is 1. The number of pyridine rings is 1. The normalized spacial score (nSPS) is 10.4. The molecule has 19 heavy (non-hydrogen) atoms. The molecule has 100 valence electrons. The van der Waals surface area contributed by atoms with E-state index in [4.69, 9.17) is 9.26 Å². The first kappa shape index (κ1) is 13.1. The van der Waals surface area contributed by atoms with Gasteiger partial charge >= 0.3 is 5.97 Å². The van der Waals surface area contributed by atoms with Crippen LogP contribution in [0.1, 0.15) is 29.5 Å². The van der Waals surface area contributed by atoms with Crippen LogP contribution in [0.5, 0.6) is 5.88 Å². The number of ether oxygens (including phenoxy) is 1. The molecule has 0 atom stereocenters. The van der Waals surface area contributed by atoms with E-state index < -0.39 is 5.97 Å². The maximum absolute atomic E-state index is 11.3. The molecule has 0 unspecified atom stereocenters. The Kier molecular flexibility index (Phi) is 3.79. The molecule has 0 aromatic carbocycles. The maximum atomic E-state index is 11.3. The van der Waals surface area contributed by atoms with Crippen LogP contribution >= 0.6 is 0 Å². The van der Waals surface area contributed by atoms with E-state index in [-0.39, 0.29) is 5.56 Å². The van der Waals surface area contributed by atoms with Gasteiger partial charge in [-0.1, -0.05) is 12.1 Å². The quantitative estimate of drug-likeness (QED) is 0.890. The van der Waals surface area contributed by atoms with Gasteiger partial charge in [0.2, 0.25) is 5.88 Å². The summed E-state index contributed by atoms with van der Waals surface area (Å²) in [5.74, 6) is -0.200. The number of rotatable bonds is 5. The summed E-state index contributed by atoms with van der Waals surface area (Å²) < 4.78 is 10.1. The zero-order valence-corrected chi connectivity index (χ0v) is 10.7. The highest BCUT2D eigenvalue weighted by Gasteiger charge is 2.23. The Morgan fingerprint density at radius 1 is 1.47 bits per heavy atom. The molecule has 0 saturated carbocycles. The fourth-order valence-electron chi connectivity index (χ4n) is 1.78. The van der Waals surface area contributed by atoms with Crippen molar-refractivity contribution in [2.45, 2.75) is 19.8 Å². The third-order valence-corrected chi connectivity index (χ3v) is 2.67. The Morgan fingerprint density at radius 3 is 2.79 bits per heavy atom. The Bertz CT molecular complexity index is 575. The van der Waals surface area contributed by atoms with Crippen LogP contribution in [0.15, 0.2) is 22.9 Å². The highest BCUT2D eigenvalue weighted by molar-refractivity contribution is 5.95. The third kappa shape index (κ3) is 2.57. The molecule has 0 saturated heterocycles. The summed E-state index contributed by atoms with van der Waals surface area (Å²) in [6.45, 7) is 1.95. The van der Waals surface area contributed by atoms with Crippen molar-refractivity contribution in [3.8, 4) is 17.1 Å². The van der Waals surface area contributed by atoms with E-state index >= 15 is 0 Å². The second kappa shape index (κ2) is 5.51. The molecule has 0 radical (unpaired) electrons. The molecule has 0 aliphatic carbocycles. The lowest BCUT2D eigenvalue weighted by Crippen LogP contribution is -2.01. The van der Waals surface area contributed by atoms with Gasteiger partial charge in [0.05, 0.1) is 7.11 Å². The van der Waals surface area contributed by atoms with Crippen molar-refractivity contribution < 1.29 is 19.2 Å². The molecule has 1 N–H and O–H groups in total. The van der Waals surface area contributed by atoms with Crippen molar-refractivity contribution in [2.24, 2.45) is 0 Å². The summed E-state index contributed by atoms with van der Waals surface area (Å²) in [6.07, 6.45) is 2.84. The monoisotopic (exact) mass is 262 g/mol. The van der Waals surface area contributed by atoms with Crippen molar-refractivity contribution in [2.75, 3.05) is 7.11 Å². The number of aromatic nitrogens is 2. The van der Waals surface area contributed by atoms with Crippen LogP contribution < -0.4 is 4.74 Å². The van der Waals surface area contributed by atoms with Gasteiger partial charge < -0.3 is 14.4 Å². The lowest BCUT2D eigenvalue weighted by atomic mass is 10.1. The molecule has 2 aromatic heterocycles. The summed E-state index contributed by atoms with van der Waals surface area (Å²) in [4.78, 5) is 15.4. The zero-order valence-electron chi connectivity index (χ0n) is 10.7. The average Bonchev–Trinajstić information content (AvgIpc) is 2.83. The smallest absolute Gasteiger partial charge is 0.341 e. The lowest BCUT2D eigenvalue weighted by Gasteiger charge is -2.01. The fraction of sp³-hybridized carbons (Fsp3) is 0.308. The molecule has 0 spiro atoms. The van der Waals surface area contributed by atoms with E-state index in [1.165, 1.54) is 13.3 Å². The zero-order chi connectivity index (χ0) is 13.8. The van der Waals surface area contributed by atoms with Gasteiger partial charge in [0.25, 0.3) is 0 Å². The van der Waals surface area contributed by atoms with E-state index in [2.05, 4.69) is 10.1 Å². The van der Waals surface area contributed by atoms with Gasteiger partial charge in [-0.2, -0.15) is 0 Å². The van der Waals surface area contributed by atoms with E-state index in [0.29, 0.717) is 29.3 Å². The molecule has 0 aliphatic heterocycles. The van der Waals surface area contributed by atoms with Gasteiger partial charge in [-0.3, -0.25) is 0 Å². The summed E-state index contributed by atoms with van der Waals surface area (Å²) in [6, 6.07) is 3.35. The number of carbonyl (C=O) groups is 1. The minimum Gasteiger partial charge on any atom is -0.481 e. The van der Waals surface area contributed by atoms with Crippen LogP contribution in [-0.2, 0) is 6.42 Å². The number of hydrogen-bond donors (Lipinski definition) is 1. The van der Waals surface area contributed by atoms with Crippen molar-refractivity contribution in [3.05, 3.63) is 29.7 Å². The number of carboxylic acids is 1. The second-order valence-corrected chi connectivity index (χ2v) is 3.97. The Labute approximate surface area is 110 Å². The van der Waals surface area contributed by atoms with Crippen LogP contribution in [0.25, 0.3) is 11.3 Å². The molecular weight excluding hydrogens is 248 g/mol. The first-order valence-electron chi connectivity index (χ1n) is 5.89. The molecule has 0 aliphatic rings. The van der Waals surface area contributed by atoms with Gasteiger partial charge in [0.15, 0.2) is 5.76 Å². The SMILES string of the molecule is CCCc1onc(-c2ccc(OC)nc2)c1C(=O)O. The third-order valence-electron chi connectivity index (χ3n) is 2.67. The predicted molar refractivity (Wildman–Crippen MR) is 67.2 cm³/mol. The number of methoxy groups -OCH3 is 1. The molecule has 0 amide bonds. The lowest BCUT2D eigenvalue weighted by molar-refractivity contribution is 0.0695. The van der Waals surface area contributed by atoms with Crippen molar-refractivity contribution in [3.63, 3.8) is 0 Å². The minimum absolute atomic E-state index is 0.105. The minimum atomic E-state index is -1.05. The van der Waals surface area contributed by atoms with Gasteiger partial charge in [-0.15, -0.1) is 0 Å². The largest absolute Gasteiger partial charge is 0.481 e. The van der Waals surface area contributed by atoms with E-state index in [1.807, 2.05) is 6.92 Å². The first-order valence-corrected chi connectivity index (χ1v) is 5.89. The van der Waals surface area contributed by atoms with E-state index in [1.54, 1.807) is 12.1 Å². The molecule has 2 heterocycles. The van der Waals surface area contributed by atoms with Gasteiger partial charge in [-0.25, -0.2) is 9.78 Å². The number of carboxylic acid groups (broad SMARTS) is 1. The van der Waals surface area contributed by atoms with Crippen LogP contribution in [-0.4, -0.2) is 28.3 Å². The first-order chi connectivity index (χ1) is 9.17. The number of hydrogen-bond acceptors (Lipinski definition) is 5. The van der Waals surface area contributed by atoms with E-state index in [9.17, 15) is 9.90 Å². The summed E-state index contributed by atoms with van der Waals surface area (Å²) in [5.41, 5.74) is 0.990. The maximum Gasteiger partial charge on any atom is 0.341 e. The Balaban J connectivity index is 2.45. The predicted octanol–water partition coefficient (Wildman–Crippen LogP) is 2.40. The highest BCUT2D eigenvalue weighted by Crippen LogP contribution is 2.26. The topological polar surface area (TPSA) is 85.5 Å². The molecule has 0 bridgehead atoms. The molecule has 2 aromatic rings.